The normalized spacial score (nSPS) is 16.7. The maximum absolute atomic E-state index is 13.1. The lowest BCUT2D eigenvalue weighted by Crippen LogP contribution is -2.54. The molecule has 2 saturated heterocycles. The highest BCUT2D eigenvalue weighted by Crippen LogP contribution is 2.31. The third-order valence-corrected chi connectivity index (χ3v) is 9.41. The van der Waals surface area contributed by atoms with Crippen molar-refractivity contribution in [2.24, 2.45) is 0 Å². The van der Waals surface area contributed by atoms with Crippen LogP contribution in [-0.2, 0) is 6.54 Å². The number of pyridine rings is 1. The van der Waals surface area contributed by atoms with Crippen molar-refractivity contribution in [2.75, 3.05) is 44.2 Å². The minimum absolute atomic E-state index is 0.129. The second kappa shape index (κ2) is 11.1. The number of anilines is 1. The van der Waals surface area contributed by atoms with Gasteiger partial charge in [-0.3, -0.25) is 4.79 Å². The number of hydrogen-bond acceptors (Lipinski definition) is 7. The number of nitrogens with zero attached hydrogens (tertiary/aromatic N) is 5. The number of thiophene rings is 1. The summed E-state index contributed by atoms with van der Waals surface area (Å²) >= 11 is 3.24. The highest BCUT2D eigenvalue weighted by molar-refractivity contribution is 7.17. The Labute approximate surface area is 229 Å². The first-order valence-electron chi connectivity index (χ1n) is 13.0. The number of benzene rings is 1. The molecule has 0 spiro atoms. The number of fused-ring (bicyclic) bond motifs is 1. The number of thiazole rings is 1. The number of piperazine rings is 1. The number of carbonyl (C=O) groups is 2. The van der Waals surface area contributed by atoms with Crippen LogP contribution in [0.2, 0.25) is 0 Å². The SMILES string of the molecule is O=C(NCc1csc2ccccc12)c1csc(C2CCN(C(=O)N3CCN(c4ccccn4)CC3)CC2)n1. The predicted octanol–water partition coefficient (Wildman–Crippen LogP) is 4.80. The number of carbonyl (C=O) groups excluding carboxylic acids is 2. The molecule has 3 aromatic heterocycles. The standard InChI is InChI=1S/C28H30N6O2S2/c35-26(30-17-21-18-37-24-6-2-1-5-22(21)24)23-19-38-27(31-23)20-8-11-33(12-9-20)28(36)34-15-13-32(14-16-34)25-7-3-4-10-29-25/h1-7,10,18-20H,8-9,11-17H2,(H,30,35). The molecule has 2 aliphatic heterocycles. The Balaban J connectivity index is 0.981. The van der Waals surface area contributed by atoms with Crippen LogP contribution in [-0.4, -0.2) is 71.0 Å². The molecule has 2 fully saturated rings. The monoisotopic (exact) mass is 546 g/mol. The molecule has 0 bridgehead atoms. The summed E-state index contributed by atoms with van der Waals surface area (Å²) in [5, 5.41) is 9.17. The van der Waals surface area contributed by atoms with Crippen LogP contribution in [0.25, 0.3) is 10.1 Å². The number of hydrogen-bond donors (Lipinski definition) is 1. The van der Waals surface area contributed by atoms with Gasteiger partial charge in [0.15, 0.2) is 0 Å². The molecular weight excluding hydrogens is 516 g/mol. The number of piperidine rings is 1. The summed E-state index contributed by atoms with van der Waals surface area (Å²) < 4.78 is 1.23. The van der Waals surface area contributed by atoms with Crippen LogP contribution in [0.15, 0.2) is 59.4 Å². The van der Waals surface area contributed by atoms with E-state index in [9.17, 15) is 9.59 Å². The molecule has 0 radical (unpaired) electrons. The fraction of sp³-hybridized carbons (Fsp3) is 0.357. The summed E-state index contributed by atoms with van der Waals surface area (Å²) in [6, 6.07) is 14.3. The maximum Gasteiger partial charge on any atom is 0.320 e. The molecule has 0 aliphatic carbocycles. The Morgan fingerprint density at radius 2 is 1.66 bits per heavy atom. The molecule has 4 aromatic rings. The Bertz CT molecular complexity index is 1410. The second-order valence-corrected chi connectivity index (χ2v) is 11.5. The van der Waals surface area contributed by atoms with E-state index in [4.69, 9.17) is 0 Å². The van der Waals surface area contributed by atoms with Crippen LogP contribution in [0, 0.1) is 0 Å². The van der Waals surface area contributed by atoms with Crippen molar-refractivity contribution >= 4 is 50.5 Å². The van der Waals surface area contributed by atoms with E-state index in [1.54, 1.807) is 22.7 Å². The summed E-state index contributed by atoms with van der Waals surface area (Å²) in [7, 11) is 0. The van der Waals surface area contributed by atoms with Crippen molar-refractivity contribution in [2.45, 2.75) is 25.3 Å². The second-order valence-electron chi connectivity index (χ2n) is 9.72. The van der Waals surface area contributed by atoms with Gasteiger partial charge in [-0.25, -0.2) is 14.8 Å². The minimum Gasteiger partial charge on any atom is -0.353 e. The summed E-state index contributed by atoms with van der Waals surface area (Å²) in [6.07, 6.45) is 3.55. The predicted molar refractivity (Wildman–Crippen MR) is 152 cm³/mol. The van der Waals surface area contributed by atoms with Gasteiger partial charge in [-0.15, -0.1) is 22.7 Å². The molecule has 5 heterocycles. The fourth-order valence-corrected chi connectivity index (χ4v) is 7.13. The summed E-state index contributed by atoms with van der Waals surface area (Å²) in [5.41, 5.74) is 1.61. The first-order chi connectivity index (χ1) is 18.7. The molecular formula is C28H30N6O2S2. The van der Waals surface area contributed by atoms with Crippen LogP contribution < -0.4 is 10.2 Å². The third-order valence-electron chi connectivity index (χ3n) is 7.39. The molecule has 8 nitrogen and oxygen atoms in total. The van der Waals surface area contributed by atoms with Gasteiger partial charge < -0.3 is 20.0 Å². The van der Waals surface area contributed by atoms with Gasteiger partial charge in [-0.05, 0) is 47.4 Å². The zero-order valence-corrected chi connectivity index (χ0v) is 22.7. The highest BCUT2D eigenvalue weighted by atomic mass is 32.1. The topological polar surface area (TPSA) is 81.7 Å². The van der Waals surface area contributed by atoms with Crippen molar-refractivity contribution in [3.63, 3.8) is 0 Å². The van der Waals surface area contributed by atoms with E-state index in [1.807, 2.05) is 51.7 Å². The van der Waals surface area contributed by atoms with Gasteiger partial charge in [0, 0.05) is 68.0 Å². The molecule has 6 rings (SSSR count). The van der Waals surface area contributed by atoms with Crippen molar-refractivity contribution in [1.29, 1.82) is 0 Å². The van der Waals surface area contributed by atoms with E-state index in [-0.39, 0.29) is 17.9 Å². The van der Waals surface area contributed by atoms with E-state index < -0.39 is 0 Å². The smallest absolute Gasteiger partial charge is 0.320 e. The van der Waals surface area contributed by atoms with Crippen LogP contribution in [0.1, 0.15) is 39.8 Å². The molecule has 2 aliphatic rings. The van der Waals surface area contributed by atoms with Crippen molar-refractivity contribution < 1.29 is 9.59 Å². The Kier molecular flexibility index (Phi) is 7.24. The number of likely N-dealkylation sites (tertiary alicyclic amines) is 1. The average molecular weight is 547 g/mol. The molecule has 0 unspecified atom stereocenters. The van der Waals surface area contributed by atoms with E-state index in [0.717, 1.165) is 55.4 Å². The van der Waals surface area contributed by atoms with E-state index in [2.05, 4.69) is 37.7 Å². The van der Waals surface area contributed by atoms with Gasteiger partial charge in [0.05, 0.1) is 5.01 Å². The minimum atomic E-state index is -0.139. The molecule has 0 atom stereocenters. The number of amides is 3. The Hall–Kier alpha value is -3.50. The van der Waals surface area contributed by atoms with Crippen LogP contribution in [0.5, 0.6) is 0 Å². The van der Waals surface area contributed by atoms with Gasteiger partial charge >= 0.3 is 6.03 Å². The van der Waals surface area contributed by atoms with Gasteiger partial charge in [0.2, 0.25) is 0 Å². The number of urea groups is 1. The lowest BCUT2D eigenvalue weighted by molar-refractivity contribution is 0.0946. The summed E-state index contributed by atoms with van der Waals surface area (Å²) in [4.78, 5) is 41.2. The molecule has 3 amide bonds. The first kappa shape index (κ1) is 24.8. The average Bonchev–Trinajstić information content (AvgIpc) is 3.64. The van der Waals surface area contributed by atoms with E-state index >= 15 is 0 Å². The summed E-state index contributed by atoms with van der Waals surface area (Å²) in [5.74, 6) is 1.12. The number of rotatable bonds is 5. The molecule has 0 saturated carbocycles. The largest absolute Gasteiger partial charge is 0.353 e. The maximum atomic E-state index is 13.1. The fourth-order valence-electron chi connectivity index (χ4n) is 5.20. The zero-order chi connectivity index (χ0) is 25.9. The van der Waals surface area contributed by atoms with Gasteiger partial charge in [-0.2, -0.15) is 0 Å². The molecule has 1 aromatic carbocycles. The Morgan fingerprint density at radius 3 is 2.45 bits per heavy atom. The van der Waals surface area contributed by atoms with Gasteiger partial charge in [-0.1, -0.05) is 24.3 Å². The first-order valence-corrected chi connectivity index (χ1v) is 14.8. The lowest BCUT2D eigenvalue weighted by atomic mass is 9.98. The van der Waals surface area contributed by atoms with Crippen LogP contribution >= 0.6 is 22.7 Å². The molecule has 38 heavy (non-hydrogen) atoms. The lowest BCUT2D eigenvalue weighted by Gasteiger charge is -2.39. The van der Waals surface area contributed by atoms with Crippen LogP contribution in [0.4, 0.5) is 10.6 Å². The van der Waals surface area contributed by atoms with E-state index in [0.29, 0.717) is 25.3 Å². The Morgan fingerprint density at radius 1 is 0.895 bits per heavy atom. The quantitative estimate of drug-likeness (QED) is 0.389. The number of aromatic nitrogens is 2. The number of nitrogens with one attached hydrogen (secondary N) is 1. The van der Waals surface area contributed by atoms with Crippen molar-refractivity contribution in [3.8, 4) is 0 Å². The van der Waals surface area contributed by atoms with Gasteiger partial charge in [0.25, 0.3) is 5.91 Å². The highest BCUT2D eigenvalue weighted by Gasteiger charge is 2.30. The van der Waals surface area contributed by atoms with Crippen LogP contribution in [0.3, 0.4) is 0 Å². The molecule has 10 heteroatoms. The summed E-state index contributed by atoms with van der Waals surface area (Å²) in [6.45, 7) is 4.94. The zero-order valence-electron chi connectivity index (χ0n) is 21.1. The molecule has 196 valence electrons. The van der Waals surface area contributed by atoms with Crippen molar-refractivity contribution in [1.82, 2.24) is 25.1 Å². The van der Waals surface area contributed by atoms with Crippen molar-refractivity contribution in [3.05, 3.63) is 75.7 Å². The van der Waals surface area contributed by atoms with E-state index in [1.165, 1.54) is 10.1 Å². The molecule has 1 N–H and O–H groups in total. The van der Waals surface area contributed by atoms with Gasteiger partial charge in [0.1, 0.15) is 11.5 Å². The third kappa shape index (κ3) is 5.23.